The van der Waals surface area contributed by atoms with Crippen LogP contribution in [0, 0.1) is 29.1 Å². The van der Waals surface area contributed by atoms with Crippen LogP contribution in [0.1, 0.15) is 27.0 Å². The minimum atomic E-state index is -2.23. The molecule has 1 aromatic heterocycles. The number of aryl methyl sites for hydroxylation is 1. The standard InChI is InChI=1S/C15H9F5OS/c1-2-7-3-6-10(22-7)9(21)5-4-8-11(16)13(18)15(20)14(19)12(8)17/h3-6H,2H2,1H3/b5-4+. The normalized spacial score (nSPS) is 11.4. The summed E-state index contributed by atoms with van der Waals surface area (Å²) < 4.78 is 65.8. The highest BCUT2D eigenvalue weighted by molar-refractivity contribution is 7.14. The zero-order valence-corrected chi connectivity index (χ0v) is 12.0. The number of carbonyl (C=O) groups is 1. The maximum Gasteiger partial charge on any atom is 0.200 e. The molecule has 2 rings (SSSR count). The van der Waals surface area contributed by atoms with E-state index in [0.29, 0.717) is 11.0 Å². The molecule has 0 aliphatic rings. The largest absolute Gasteiger partial charge is 0.288 e. The maximum absolute atomic E-state index is 13.4. The van der Waals surface area contributed by atoms with E-state index < -0.39 is 40.4 Å². The third-order valence-corrected chi connectivity index (χ3v) is 4.14. The Labute approximate surface area is 126 Å². The molecule has 1 aromatic carbocycles. The van der Waals surface area contributed by atoms with Gasteiger partial charge in [0, 0.05) is 4.88 Å². The summed E-state index contributed by atoms with van der Waals surface area (Å²) in [6.07, 6.45) is 2.09. The highest BCUT2D eigenvalue weighted by Gasteiger charge is 2.24. The van der Waals surface area contributed by atoms with Gasteiger partial charge in [0.2, 0.25) is 5.82 Å². The maximum atomic E-state index is 13.4. The third kappa shape index (κ3) is 2.94. The molecule has 2 aromatic rings. The summed E-state index contributed by atoms with van der Waals surface area (Å²) in [5.74, 6) is -10.8. The summed E-state index contributed by atoms with van der Waals surface area (Å²) in [5, 5.41) is 0. The van der Waals surface area contributed by atoms with E-state index in [2.05, 4.69) is 0 Å². The number of carbonyl (C=O) groups excluding carboxylic acids is 1. The fourth-order valence-electron chi connectivity index (χ4n) is 1.71. The Kier molecular flexibility index (Phi) is 4.75. The van der Waals surface area contributed by atoms with Crippen LogP contribution in [0.4, 0.5) is 22.0 Å². The Morgan fingerprint density at radius 3 is 2.05 bits per heavy atom. The summed E-state index contributed by atoms with van der Waals surface area (Å²) in [6, 6.07) is 3.26. The second kappa shape index (κ2) is 6.39. The number of allylic oxidation sites excluding steroid dienone is 1. The minimum absolute atomic E-state index is 0.317. The van der Waals surface area contributed by atoms with Gasteiger partial charge in [-0.3, -0.25) is 4.79 Å². The minimum Gasteiger partial charge on any atom is -0.288 e. The highest BCUT2D eigenvalue weighted by atomic mass is 32.1. The average molecular weight is 332 g/mol. The van der Waals surface area contributed by atoms with Crippen molar-refractivity contribution in [2.45, 2.75) is 13.3 Å². The zero-order valence-electron chi connectivity index (χ0n) is 11.2. The fourth-order valence-corrected chi connectivity index (χ4v) is 2.58. The third-order valence-electron chi connectivity index (χ3n) is 2.90. The molecular formula is C15H9F5OS. The van der Waals surface area contributed by atoms with Crippen molar-refractivity contribution < 1.29 is 26.7 Å². The van der Waals surface area contributed by atoms with Crippen LogP contribution < -0.4 is 0 Å². The van der Waals surface area contributed by atoms with E-state index in [1.807, 2.05) is 6.92 Å². The van der Waals surface area contributed by atoms with Gasteiger partial charge in [0.25, 0.3) is 0 Å². The second-order valence-corrected chi connectivity index (χ2v) is 5.47. The lowest BCUT2D eigenvalue weighted by atomic mass is 10.1. The molecule has 0 unspecified atom stereocenters. The summed E-state index contributed by atoms with van der Waals surface area (Å²) >= 11 is 1.20. The molecule has 0 radical (unpaired) electrons. The number of thiophene rings is 1. The van der Waals surface area contributed by atoms with Gasteiger partial charge in [-0.25, -0.2) is 22.0 Å². The van der Waals surface area contributed by atoms with Crippen LogP contribution >= 0.6 is 11.3 Å². The smallest absolute Gasteiger partial charge is 0.200 e. The summed E-state index contributed by atoms with van der Waals surface area (Å²) in [6.45, 7) is 1.89. The molecule has 116 valence electrons. The molecule has 0 saturated carbocycles. The molecule has 0 bridgehead atoms. The molecule has 0 aliphatic heterocycles. The van der Waals surface area contributed by atoms with E-state index in [1.165, 1.54) is 17.4 Å². The lowest BCUT2D eigenvalue weighted by molar-refractivity contribution is 0.105. The van der Waals surface area contributed by atoms with E-state index in [-0.39, 0.29) is 0 Å². The van der Waals surface area contributed by atoms with E-state index in [9.17, 15) is 26.7 Å². The predicted octanol–water partition coefficient (Wildman–Crippen LogP) is 4.90. The number of ketones is 1. The van der Waals surface area contributed by atoms with Crippen molar-refractivity contribution >= 4 is 23.2 Å². The van der Waals surface area contributed by atoms with Crippen LogP contribution in [-0.2, 0) is 6.42 Å². The SMILES string of the molecule is CCc1ccc(C(=O)/C=C/c2c(F)c(F)c(F)c(F)c2F)s1. The first-order valence-corrected chi connectivity index (χ1v) is 7.01. The lowest BCUT2D eigenvalue weighted by Gasteiger charge is -2.03. The molecule has 7 heteroatoms. The van der Waals surface area contributed by atoms with Crippen molar-refractivity contribution in [1.82, 2.24) is 0 Å². The first-order chi connectivity index (χ1) is 10.4. The molecule has 0 atom stereocenters. The molecule has 0 amide bonds. The molecule has 0 fully saturated rings. The average Bonchev–Trinajstić information content (AvgIpc) is 3.00. The van der Waals surface area contributed by atoms with Crippen molar-refractivity contribution in [3.05, 3.63) is 62.6 Å². The Hall–Kier alpha value is -2.02. The summed E-state index contributed by atoms with van der Waals surface area (Å²) in [5.41, 5.74) is -1.14. The molecule has 22 heavy (non-hydrogen) atoms. The quantitative estimate of drug-likeness (QED) is 0.256. The first kappa shape index (κ1) is 16.4. The van der Waals surface area contributed by atoms with Crippen LogP contribution in [0.15, 0.2) is 18.2 Å². The molecule has 0 N–H and O–H groups in total. The number of hydrogen-bond acceptors (Lipinski definition) is 2. The molecule has 0 spiro atoms. The molecule has 1 heterocycles. The van der Waals surface area contributed by atoms with Crippen LogP contribution in [0.3, 0.4) is 0 Å². The van der Waals surface area contributed by atoms with Crippen molar-refractivity contribution in [1.29, 1.82) is 0 Å². The van der Waals surface area contributed by atoms with Gasteiger partial charge in [-0.05, 0) is 30.7 Å². The number of halogens is 5. The van der Waals surface area contributed by atoms with E-state index >= 15 is 0 Å². The summed E-state index contributed by atoms with van der Waals surface area (Å²) in [4.78, 5) is 13.1. The topological polar surface area (TPSA) is 17.1 Å². The molecule has 1 nitrogen and oxygen atoms in total. The van der Waals surface area contributed by atoms with Crippen LogP contribution in [0.2, 0.25) is 0 Å². The van der Waals surface area contributed by atoms with E-state index in [1.54, 1.807) is 6.07 Å². The van der Waals surface area contributed by atoms with E-state index in [4.69, 9.17) is 0 Å². The Morgan fingerprint density at radius 1 is 1.00 bits per heavy atom. The lowest BCUT2D eigenvalue weighted by Crippen LogP contribution is -2.04. The van der Waals surface area contributed by atoms with Crippen molar-refractivity contribution in [3.8, 4) is 0 Å². The molecule has 0 aliphatic carbocycles. The fraction of sp³-hybridized carbons (Fsp3) is 0.133. The molecular weight excluding hydrogens is 323 g/mol. The Balaban J connectivity index is 2.36. The van der Waals surface area contributed by atoms with Crippen molar-refractivity contribution in [3.63, 3.8) is 0 Å². The molecule has 0 saturated heterocycles. The van der Waals surface area contributed by atoms with Gasteiger partial charge < -0.3 is 0 Å². The van der Waals surface area contributed by atoms with Crippen LogP contribution in [0.25, 0.3) is 6.08 Å². The number of rotatable bonds is 4. The predicted molar refractivity (Wildman–Crippen MR) is 73.3 cm³/mol. The monoisotopic (exact) mass is 332 g/mol. The zero-order chi connectivity index (χ0) is 16.4. The number of benzene rings is 1. The van der Waals surface area contributed by atoms with Crippen molar-refractivity contribution in [2.75, 3.05) is 0 Å². The van der Waals surface area contributed by atoms with Gasteiger partial charge in [0.05, 0.1) is 10.4 Å². The Bertz CT molecular complexity index is 735. The van der Waals surface area contributed by atoms with Gasteiger partial charge in [0.1, 0.15) is 0 Å². The van der Waals surface area contributed by atoms with Crippen molar-refractivity contribution in [2.24, 2.45) is 0 Å². The number of hydrogen-bond donors (Lipinski definition) is 0. The highest BCUT2D eigenvalue weighted by Crippen LogP contribution is 2.24. The van der Waals surface area contributed by atoms with Gasteiger partial charge in [-0.15, -0.1) is 11.3 Å². The van der Waals surface area contributed by atoms with Gasteiger partial charge >= 0.3 is 0 Å². The van der Waals surface area contributed by atoms with Gasteiger partial charge in [-0.1, -0.05) is 6.92 Å². The second-order valence-electron chi connectivity index (χ2n) is 4.30. The summed E-state index contributed by atoms with van der Waals surface area (Å²) in [7, 11) is 0. The van der Waals surface area contributed by atoms with Crippen LogP contribution in [-0.4, -0.2) is 5.78 Å². The van der Waals surface area contributed by atoms with Gasteiger partial charge in [-0.2, -0.15) is 0 Å². The first-order valence-electron chi connectivity index (χ1n) is 6.19. The Morgan fingerprint density at radius 2 is 1.55 bits per heavy atom. The van der Waals surface area contributed by atoms with Crippen LogP contribution in [0.5, 0.6) is 0 Å². The van der Waals surface area contributed by atoms with E-state index in [0.717, 1.165) is 17.4 Å². The van der Waals surface area contributed by atoms with Gasteiger partial charge in [0.15, 0.2) is 29.1 Å².